The average molecular weight is 365 g/mol. The van der Waals surface area contributed by atoms with Crippen LogP contribution in [0.1, 0.15) is 17.3 Å². The van der Waals surface area contributed by atoms with Gasteiger partial charge in [0.15, 0.2) is 17.6 Å². The summed E-state index contributed by atoms with van der Waals surface area (Å²) in [6, 6.07) is 7.11. The Balaban J connectivity index is 2.11. The molecule has 0 bridgehead atoms. The zero-order valence-electron chi connectivity index (χ0n) is 14.3. The summed E-state index contributed by atoms with van der Waals surface area (Å²) >= 11 is 0. The molecule has 0 aliphatic heterocycles. The summed E-state index contributed by atoms with van der Waals surface area (Å²) in [7, 11) is 2.63. The summed E-state index contributed by atoms with van der Waals surface area (Å²) in [5, 5.41) is 2.31. The number of nitrogens with one attached hydrogen (secondary N) is 1. The summed E-state index contributed by atoms with van der Waals surface area (Å²) in [4.78, 5) is 23.7. The molecule has 0 unspecified atom stereocenters. The van der Waals surface area contributed by atoms with Gasteiger partial charge in [0.25, 0.3) is 5.91 Å². The van der Waals surface area contributed by atoms with E-state index in [2.05, 4.69) is 10.1 Å². The van der Waals surface area contributed by atoms with Crippen LogP contribution < -0.4 is 14.8 Å². The molecular weight excluding hydrogens is 348 g/mol. The standard InChI is InChI=1S/C18H17F2NO5/c1-10(17(22)21-14-6-5-12(19)9-13(14)20)26-15-7-4-11(18(23)25-3)8-16(15)24-2/h4-10H,1-3H3,(H,21,22)/t10-/m1/s1. The number of ether oxygens (including phenoxy) is 3. The molecule has 8 heteroatoms. The fraction of sp³-hybridized carbons (Fsp3) is 0.222. The van der Waals surface area contributed by atoms with Gasteiger partial charge in [-0.1, -0.05) is 0 Å². The van der Waals surface area contributed by atoms with Crippen molar-refractivity contribution in [3.05, 3.63) is 53.6 Å². The van der Waals surface area contributed by atoms with Gasteiger partial charge in [-0.3, -0.25) is 4.79 Å². The maximum atomic E-state index is 13.6. The minimum Gasteiger partial charge on any atom is -0.493 e. The van der Waals surface area contributed by atoms with Crippen molar-refractivity contribution in [1.82, 2.24) is 0 Å². The summed E-state index contributed by atoms with van der Waals surface area (Å²) in [5.41, 5.74) is 0.0852. The third-order valence-electron chi connectivity index (χ3n) is 3.45. The van der Waals surface area contributed by atoms with Crippen LogP contribution in [0.2, 0.25) is 0 Å². The highest BCUT2D eigenvalue weighted by molar-refractivity contribution is 5.94. The molecule has 1 amide bonds. The first-order valence-corrected chi connectivity index (χ1v) is 7.54. The van der Waals surface area contributed by atoms with Crippen molar-refractivity contribution in [2.24, 2.45) is 0 Å². The monoisotopic (exact) mass is 365 g/mol. The minimum atomic E-state index is -1.02. The first kappa shape index (κ1) is 19.2. The predicted octanol–water partition coefficient (Wildman–Crippen LogP) is 3.17. The molecule has 138 valence electrons. The highest BCUT2D eigenvalue weighted by Crippen LogP contribution is 2.29. The molecule has 1 N–H and O–H groups in total. The molecule has 2 aromatic rings. The number of methoxy groups -OCH3 is 2. The predicted molar refractivity (Wildman–Crippen MR) is 89.4 cm³/mol. The van der Waals surface area contributed by atoms with Crippen molar-refractivity contribution in [2.45, 2.75) is 13.0 Å². The lowest BCUT2D eigenvalue weighted by Gasteiger charge is -2.17. The molecule has 26 heavy (non-hydrogen) atoms. The highest BCUT2D eigenvalue weighted by atomic mass is 19.1. The largest absolute Gasteiger partial charge is 0.493 e. The average Bonchev–Trinajstić information content (AvgIpc) is 2.63. The number of hydrogen-bond acceptors (Lipinski definition) is 5. The number of benzene rings is 2. The number of esters is 1. The van der Waals surface area contributed by atoms with Crippen LogP contribution in [0.25, 0.3) is 0 Å². The molecule has 0 saturated heterocycles. The molecular formula is C18H17F2NO5. The van der Waals surface area contributed by atoms with Gasteiger partial charge in [-0.15, -0.1) is 0 Å². The van der Waals surface area contributed by atoms with Crippen LogP contribution in [0.5, 0.6) is 11.5 Å². The van der Waals surface area contributed by atoms with Crippen LogP contribution >= 0.6 is 0 Å². The van der Waals surface area contributed by atoms with E-state index in [4.69, 9.17) is 9.47 Å². The van der Waals surface area contributed by atoms with Gasteiger partial charge in [0.2, 0.25) is 0 Å². The second-order valence-corrected chi connectivity index (χ2v) is 5.23. The molecule has 0 fully saturated rings. The van der Waals surface area contributed by atoms with Crippen molar-refractivity contribution in [1.29, 1.82) is 0 Å². The maximum Gasteiger partial charge on any atom is 0.337 e. The third-order valence-corrected chi connectivity index (χ3v) is 3.45. The summed E-state index contributed by atoms with van der Waals surface area (Å²) < 4.78 is 41.8. The number of carbonyl (C=O) groups is 2. The summed E-state index contributed by atoms with van der Waals surface area (Å²) in [6.45, 7) is 1.45. The number of amides is 1. The Morgan fingerprint density at radius 1 is 1.04 bits per heavy atom. The molecule has 1 atom stereocenters. The number of halogens is 2. The van der Waals surface area contributed by atoms with Crippen LogP contribution in [-0.2, 0) is 9.53 Å². The molecule has 0 saturated carbocycles. The topological polar surface area (TPSA) is 73.9 Å². The Kier molecular flexibility index (Phi) is 6.11. The van der Waals surface area contributed by atoms with E-state index >= 15 is 0 Å². The number of hydrogen-bond donors (Lipinski definition) is 1. The van der Waals surface area contributed by atoms with Crippen LogP contribution in [0.4, 0.5) is 14.5 Å². The Morgan fingerprint density at radius 3 is 2.38 bits per heavy atom. The maximum absolute atomic E-state index is 13.6. The lowest BCUT2D eigenvalue weighted by Crippen LogP contribution is -2.30. The van der Waals surface area contributed by atoms with Gasteiger partial charge in [-0.2, -0.15) is 0 Å². The molecule has 0 spiro atoms. The first-order valence-electron chi connectivity index (χ1n) is 7.54. The Bertz CT molecular complexity index is 825. The molecule has 2 rings (SSSR count). The van der Waals surface area contributed by atoms with E-state index in [0.29, 0.717) is 6.07 Å². The SMILES string of the molecule is COC(=O)c1ccc(O[C@H](C)C(=O)Nc2ccc(F)cc2F)c(OC)c1. The molecule has 0 radical (unpaired) electrons. The van der Waals surface area contributed by atoms with Crippen molar-refractivity contribution in [3.8, 4) is 11.5 Å². The van der Waals surface area contributed by atoms with Gasteiger partial charge in [-0.05, 0) is 37.3 Å². The smallest absolute Gasteiger partial charge is 0.337 e. The van der Waals surface area contributed by atoms with Gasteiger partial charge < -0.3 is 19.5 Å². The second-order valence-electron chi connectivity index (χ2n) is 5.23. The van der Waals surface area contributed by atoms with E-state index in [-0.39, 0.29) is 22.7 Å². The second kappa shape index (κ2) is 8.28. The van der Waals surface area contributed by atoms with E-state index in [1.807, 2.05) is 0 Å². The van der Waals surface area contributed by atoms with E-state index in [1.165, 1.54) is 39.3 Å². The highest BCUT2D eigenvalue weighted by Gasteiger charge is 2.19. The number of rotatable bonds is 6. The lowest BCUT2D eigenvalue weighted by atomic mass is 10.2. The minimum absolute atomic E-state index is 0.167. The van der Waals surface area contributed by atoms with E-state index in [0.717, 1.165) is 12.1 Å². The Morgan fingerprint density at radius 2 is 1.77 bits per heavy atom. The zero-order valence-corrected chi connectivity index (χ0v) is 14.3. The van der Waals surface area contributed by atoms with Gasteiger partial charge in [0.1, 0.15) is 11.6 Å². The van der Waals surface area contributed by atoms with E-state index in [9.17, 15) is 18.4 Å². The molecule has 6 nitrogen and oxygen atoms in total. The van der Waals surface area contributed by atoms with Gasteiger partial charge >= 0.3 is 5.97 Å². The Hall–Kier alpha value is -3.16. The quantitative estimate of drug-likeness (QED) is 0.796. The summed E-state index contributed by atoms with van der Waals surface area (Å²) in [6.07, 6.45) is -1.02. The van der Waals surface area contributed by atoms with Crippen molar-refractivity contribution >= 4 is 17.6 Å². The normalized spacial score (nSPS) is 11.4. The Labute approximate surface area is 148 Å². The van der Waals surface area contributed by atoms with Gasteiger partial charge in [0.05, 0.1) is 25.5 Å². The van der Waals surface area contributed by atoms with E-state index in [1.54, 1.807) is 0 Å². The van der Waals surface area contributed by atoms with Crippen molar-refractivity contribution < 1.29 is 32.6 Å². The lowest BCUT2D eigenvalue weighted by molar-refractivity contribution is -0.122. The zero-order chi connectivity index (χ0) is 19.3. The van der Waals surface area contributed by atoms with E-state index < -0.39 is 29.6 Å². The molecule has 0 aliphatic carbocycles. The first-order chi connectivity index (χ1) is 12.3. The third kappa shape index (κ3) is 4.47. The molecule has 0 aliphatic rings. The summed E-state index contributed by atoms with van der Waals surface area (Å²) in [5.74, 6) is -2.41. The molecule has 0 aromatic heterocycles. The van der Waals surface area contributed by atoms with Gasteiger partial charge in [-0.25, -0.2) is 13.6 Å². The fourth-order valence-corrected chi connectivity index (χ4v) is 2.08. The van der Waals surface area contributed by atoms with Crippen LogP contribution in [-0.4, -0.2) is 32.2 Å². The molecule has 0 heterocycles. The van der Waals surface area contributed by atoms with Crippen molar-refractivity contribution in [3.63, 3.8) is 0 Å². The van der Waals surface area contributed by atoms with Gasteiger partial charge in [0, 0.05) is 6.07 Å². The van der Waals surface area contributed by atoms with Crippen LogP contribution in [0.3, 0.4) is 0 Å². The van der Waals surface area contributed by atoms with Crippen LogP contribution in [0.15, 0.2) is 36.4 Å². The van der Waals surface area contributed by atoms with Crippen LogP contribution in [0, 0.1) is 11.6 Å². The number of anilines is 1. The fourth-order valence-electron chi connectivity index (χ4n) is 2.08. The molecule has 2 aromatic carbocycles. The number of carbonyl (C=O) groups excluding carboxylic acids is 2. The van der Waals surface area contributed by atoms with Crippen molar-refractivity contribution in [2.75, 3.05) is 19.5 Å².